The molecule has 1 saturated heterocycles. The highest BCUT2D eigenvalue weighted by Crippen LogP contribution is 2.16. The molecular weight excluding hydrogens is 260 g/mol. The zero-order valence-electron chi connectivity index (χ0n) is 11.4. The molecule has 7 nitrogen and oxygen atoms in total. The number of nitrogens with zero attached hydrogens (tertiary/aromatic N) is 3. The molecule has 0 saturated carbocycles. The van der Waals surface area contributed by atoms with Gasteiger partial charge < -0.3 is 10.6 Å². The molecule has 1 aromatic rings. The fraction of sp³-hybridized carbons (Fsp3) is 0.538. The summed E-state index contributed by atoms with van der Waals surface area (Å²) in [7, 11) is 0. The second kappa shape index (κ2) is 5.85. The lowest BCUT2D eigenvalue weighted by Crippen LogP contribution is -2.44. The van der Waals surface area contributed by atoms with Gasteiger partial charge >= 0.3 is 0 Å². The maximum atomic E-state index is 12.1. The van der Waals surface area contributed by atoms with Crippen molar-refractivity contribution in [2.24, 2.45) is 11.7 Å². The molecule has 1 fully saturated rings. The van der Waals surface area contributed by atoms with Crippen molar-refractivity contribution in [3.63, 3.8) is 0 Å². The number of piperidine rings is 1. The summed E-state index contributed by atoms with van der Waals surface area (Å²) in [6, 6.07) is 3.01. The lowest BCUT2D eigenvalue weighted by atomic mass is 9.96. The Balaban J connectivity index is 1.98. The number of primary amides is 1. The summed E-state index contributed by atoms with van der Waals surface area (Å²) in [5.74, 6) is -0.624. The Morgan fingerprint density at radius 3 is 2.60 bits per heavy atom. The van der Waals surface area contributed by atoms with Crippen LogP contribution < -0.4 is 11.3 Å². The van der Waals surface area contributed by atoms with Crippen molar-refractivity contribution in [3.8, 4) is 0 Å². The van der Waals surface area contributed by atoms with Crippen molar-refractivity contribution in [2.75, 3.05) is 13.1 Å². The number of hydrogen-bond donors (Lipinski definition) is 1. The van der Waals surface area contributed by atoms with E-state index in [9.17, 15) is 14.4 Å². The van der Waals surface area contributed by atoms with Crippen molar-refractivity contribution >= 4 is 11.8 Å². The number of carbonyl (C=O) groups is 2. The Labute approximate surface area is 116 Å². The van der Waals surface area contributed by atoms with Crippen LogP contribution in [-0.2, 0) is 16.1 Å². The highest BCUT2D eigenvalue weighted by atomic mass is 16.2. The molecule has 0 radical (unpaired) electrons. The number of likely N-dealkylation sites (tertiary alicyclic amines) is 1. The van der Waals surface area contributed by atoms with E-state index in [2.05, 4.69) is 5.10 Å². The first-order valence-corrected chi connectivity index (χ1v) is 6.59. The summed E-state index contributed by atoms with van der Waals surface area (Å²) in [5, 5.41) is 4.03. The minimum atomic E-state index is -0.311. The van der Waals surface area contributed by atoms with E-state index in [1.54, 1.807) is 17.9 Å². The Morgan fingerprint density at radius 2 is 2.00 bits per heavy atom. The maximum Gasteiger partial charge on any atom is 0.267 e. The summed E-state index contributed by atoms with van der Waals surface area (Å²) >= 11 is 0. The number of nitrogens with two attached hydrogens (primary N) is 1. The van der Waals surface area contributed by atoms with Crippen LogP contribution in [0.5, 0.6) is 0 Å². The van der Waals surface area contributed by atoms with Crippen molar-refractivity contribution in [2.45, 2.75) is 26.3 Å². The van der Waals surface area contributed by atoms with Crippen LogP contribution in [0.15, 0.2) is 16.9 Å². The molecule has 2 heterocycles. The highest BCUT2D eigenvalue weighted by molar-refractivity contribution is 5.78. The number of hydrogen-bond acceptors (Lipinski definition) is 4. The Kier molecular flexibility index (Phi) is 4.16. The second-order valence-corrected chi connectivity index (χ2v) is 5.03. The minimum Gasteiger partial charge on any atom is -0.369 e. The average molecular weight is 278 g/mol. The fourth-order valence-corrected chi connectivity index (χ4v) is 2.31. The topological polar surface area (TPSA) is 98.3 Å². The molecule has 108 valence electrons. The van der Waals surface area contributed by atoms with E-state index in [0.29, 0.717) is 31.6 Å². The summed E-state index contributed by atoms with van der Waals surface area (Å²) in [4.78, 5) is 36.4. The fourth-order valence-electron chi connectivity index (χ4n) is 2.31. The molecule has 1 aromatic heterocycles. The second-order valence-electron chi connectivity index (χ2n) is 5.03. The average Bonchev–Trinajstić information content (AvgIpc) is 2.43. The Bertz CT molecular complexity index is 573. The van der Waals surface area contributed by atoms with Gasteiger partial charge in [-0.3, -0.25) is 14.4 Å². The molecular formula is C13H18N4O3. The third-order valence-corrected chi connectivity index (χ3v) is 3.54. The summed E-state index contributed by atoms with van der Waals surface area (Å²) in [6.07, 6.45) is 1.16. The van der Waals surface area contributed by atoms with Gasteiger partial charge in [-0.2, -0.15) is 5.10 Å². The predicted molar refractivity (Wildman–Crippen MR) is 71.7 cm³/mol. The van der Waals surface area contributed by atoms with Crippen LogP contribution in [0.2, 0.25) is 0 Å². The quantitative estimate of drug-likeness (QED) is 0.788. The van der Waals surface area contributed by atoms with Gasteiger partial charge in [0.2, 0.25) is 11.8 Å². The van der Waals surface area contributed by atoms with Gasteiger partial charge in [-0.15, -0.1) is 0 Å². The van der Waals surface area contributed by atoms with Gasteiger partial charge in [0.15, 0.2) is 0 Å². The van der Waals surface area contributed by atoms with Crippen LogP contribution in [0.4, 0.5) is 0 Å². The summed E-state index contributed by atoms with van der Waals surface area (Å²) in [5.41, 5.74) is 5.64. The number of carbonyl (C=O) groups excluding carboxylic acids is 2. The smallest absolute Gasteiger partial charge is 0.267 e. The van der Waals surface area contributed by atoms with Gasteiger partial charge in [-0.25, -0.2) is 4.68 Å². The van der Waals surface area contributed by atoms with Crippen LogP contribution in [0.1, 0.15) is 18.5 Å². The van der Waals surface area contributed by atoms with E-state index in [1.807, 2.05) is 0 Å². The van der Waals surface area contributed by atoms with Gasteiger partial charge in [0.25, 0.3) is 5.56 Å². The Hall–Kier alpha value is -2.18. The van der Waals surface area contributed by atoms with E-state index < -0.39 is 0 Å². The van der Waals surface area contributed by atoms with Crippen LogP contribution in [0.25, 0.3) is 0 Å². The van der Waals surface area contributed by atoms with Crippen LogP contribution in [-0.4, -0.2) is 39.6 Å². The molecule has 0 unspecified atom stereocenters. The van der Waals surface area contributed by atoms with Gasteiger partial charge in [-0.05, 0) is 25.8 Å². The van der Waals surface area contributed by atoms with Crippen LogP contribution >= 0.6 is 0 Å². The van der Waals surface area contributed by atoms with Gasteiger partial charge in [0, 0.05) is 25.1 Å². The minimum absolute atomic E-state index is 0.0677. The van der Waals surface area contributed by atoms with Crippen LogP contribution in [0, 0.1) is 12.8 Å². The number of aromatic nitrogens is 2. The van der Waals surface area contributed by atoms with Crippen molar-refractivity contribution in [1.29, 1.82) is 0 Å². The molecule has 1 aliphatic rings. The van der Waals surface area contributed by atoms with Gasteiger partial charge in [-0.1, -0.05) is 0 Å². The lowest BCUT2D eigenvalue weighted by molar-refractivity contribution is -0.135. The Morgan fingerprint density at radius 1 is 1.35 bits per heavy atom. The third-order valence-electron chi connectivity index (χ3n) is 3.54. The van der Waals surface area contributed by atoms with E-state index in [0.717, 1.165) is 4.68 Å². The molecule has 1 aliphatic heterocycles. The first-order valence-electron chi connectivity index (χ1n) is 6.59. The standard InChI is InChI=1S/C13H18N4O3/c1-9-2-3-11(18)17(15-9)8-12(19)16-6-4-10(5-7-16)13(14)20/h2-3,10H,4-8H2,1H3,(H2,14,20). The summed E-state index contributed by atoms with van der Waals surface area (Å²) < 4.78 is 1.16. The SMILES string of the molecule is Cc1ccc(=O)n(CC(=O)N2CCC(C(N)=O)CC2)n1. The number of aryl methyl sites for hydroxylation is 1. The molecule has 2 rings (SSSR count). The van der Waals surface area contributed by atoms with Gasteiger partial charge in [0.1, 0.15) is 6.54 Å². The molecule has 0 aromatic carbocycles. The molecule has 2 amide bonds. The molecule has 0 bridgehead atoms. The number of amides is 2. The zero-order valence-corrected chi connectivity index (χ0v) is 11.4. The monoisotopic (exact) mass is 278 g/mol. The molecule has 7 heteroatoms. The molecule has 20 heavy (non-hydrogen) atoms. The van der Waals surface area contributed by atoms with E-state index in [-0.39, 0.29) is 29.8 Å². The van der Waals surface area contributed by atoms with Crippen molar-refractivity contribution in [3.05, 3.63) is 28.2 Å². The largest absolute Gasteiger partial charge is 0.369 e. The maximum absolute atomic E-state index is 12.1. The molecule has 0 spiro atoms. The van der Waals surface area contributed by atoms with Crippen molar-refractivity contribution in [1.82, 2.24) is 14.7 Å². The van der Waals surface area contributed by atoms with Crippen LogP contribution in [0.3, 0.4) is 0 Å². The normalized spacial score (nSPS) is 16.1. The lowest BCUT2D eigenvalue weighted by Gasteiger charge is -2.30. The van der Waals surface area contributed by atoms with Crippen molar-refractivity contribution < 1.29 is 9.59 Å². The molecule has 2 N–H and O–H groups in total. The number of rotatable bonds is 3. The van der Waals surface area contributed by atoms with Gasteiger partial charge in [0.05, 0.1) is 5.69 Å². The summed E-state index contributed by atoms with van der Waals surface area (Å²) in [6.45, 7) is 2.68. The van der Waals surface area contributed by atoms with E-state index >= 15 is 0 Å². The predicted octanol–water partition coefficient (Wildman–Crippen LogP) is -0.724. The van der Waals surface area contributed by atoms with E-state index in [4.69, 9.17) is 5.73 Å². The molecule has 0 atom stereocenters. The highest BCUT2D eigenvalue weighted by Gasteiger charge is 2.26. The third kappa shape index (κ3) is 3.23. The first-order chi connectivity index (χ1) is 9.47. The molecule has 0 aliphatic carbocycles. The van der Waals surface area contributed by atoms with E-state index in [1.165, 1.54) is 6.07 Å². The first kappa shape index (κ1) is 14.2. The zero-order chi connectivity index (χ0) is 14.7.